The van der Waals surface area contributed by atoms with Crippen molar-refractivity contribution in [3.8, 4) is 0 Å². The number of alkyl halides is 1. The molecule has 1 aromatic heterocycles. The second kappa shape index (κ2) is 4.57. The lowest BCUT2D eigenvalue weighted by atomic mass is 9.39. The van der Waals surface area contributed by atoms with Crippen LogP contribution < -0.4 is 0 Å². The maximum atomic E-state index is 4.15. The molecule has 3 unspecified atom stereocenters. The van der Waals surface area contributed by atoms with E-state index in [4.69, 9.17) is 0 Å². The molecule has 0 radical (unpaired) electrons. The monoisotopic (exact) mass is 347 g/mol. The van der Waals surface area contributed by atoms with Crippen LogP contribution in [0, 0.1) is 22.2 Å². The third-order valence-corrected chi connectivity index (χ3v) is 7.79. The molecule has 3 atom stereocenters. The smallest absolute Gasteiger partial charge is 0.0270 e. The Morgan fingerprint density at radius 2 is 1.71 bits per heavy atom. The minimum absolute atomic E-state index is 0.534. The van der Waals surface area contributed by atoms with Crippen molar-refractivity contribution in [2.24, 2.45) is 22.2 Å². The average Bonchev–Trinajstić information content (AvgIpc) is 2.35. The summed E-state index contributed by atoms with van der Waals surface area (Å²) in [5.74, 6) is 0.980. The van der Waals surface area contributed by atoms with Gasteiger partial charge in [-0.1, -0.05) is 29.8 Å². The van der Waals surface area contributed by atoms with E-state index < -0.39 is 0 Å². The van der Waals surface area contributed by atoms with Crippen molar-refractivity contribution >= 4 is 15.9 Å². The molecule has 5 rings (SSSR count). The molecule has 1 heterocycles. The molecule has 1 aromatic rings. The lowest BCUT2D eigenvalue weighted by Gasteiger charge is -2.66. The van der Waals surface area contributed by atoms with Crippen LogP contribution in [0.1, 0.15) is 57.9 Å². The van der Waals surface area contributed by atoms with Gasteiger partial charge in [-0.2, -0.15) is 0 Å². The molecule has 114 valence electrons. The summed E-state index contributed by atoms with van der Waals surface area (Å²) in [5, 5.41) is 0. The Morgan fingerprint density at radius 1 is 1.10 bits per heavy atom. The van der Waals surface area contributed by atoms with Crippen molar-refractivity contribution in [2.45, 2.75) is 63.6 Å². The molecule has 1 nitrogen and oxygen atoms in total. The predicted octanol–water partition coefficient (Wildman–Crippen LogP) is 5.38. The van der Waals surface area contributed by atoms with E-state index in [-0.39, 0.29) is 0 Å². The van der Waals surface area contributed by atoms with Gasteiger partial charge in [-0.05, 0) is 84.8 Å². The fraction of sp³-hybridized carbons (Fsp3) is 0.737. The number of hydrogen-bond donors (Lipinski definition) is 0. The zero-order chi connectivity index (χ0) is 14.7. The first kappa shape index (κ1) is 14.2. The first-order chi connectivity index (χ1) is 9.91. The van der Waals surface area contributed by atoms with E-state index >= 15 is 0 Å². The van der Waals surface area contributed by atoms with Crippen molar-refractivity contribution < 1.29 is 0 Å². The van der Waals surface area contributed by atoms with Gasteiger partial charge in [-0.3, -0.25) is 4.98 Å². The van der Waals surface area contributed by atoms with E-state index in [0.29, 0.717) is 21.1 Å². The molecule has 0 spiro atoms. The molecule has 0 aromatic carbocycles. The quantitative estimate of drug-likeness (QED) is 0.668. The van der Waals surface area contributed by atoms with Crippen LogP contribution in [0.2, 0.25) is 0 Å². The third kappa shape index (κ3) is 2.38. The molecular weight excluding hydrogens is 322 g/mol. The maximum Gasteiger partial charge on any atom is 0.0270 e. The number of pyridine rings is 1. The zero-order valence-electron chi connectivity index (χ0n) is 13.2. The summed E-state index contributed by atoms with van der Waals surface area (Å²) < 4.78 is 0. The second-order valence-corrected chi connectivity index (χ2v) is 10.1. The summed E-state index contributed by atoms with van der Waals surface area (Å²) in [7, 11) is 0. The van der Waals surface area contributed by atoms with Crippen LogP contribution in [-0.4, -0.2) is 9.81 Å². The van der Waals surface area contributed by atoms with Gasteiger partial charge in [0.2, 0.25) is 0 Å². The second-order valence-electron chi connectivity index (χ2n) is 9.02. The molecule has 4 aliphatic carbocycles. The van der Waals surface area contributed by atoms with Crippen LogP contribution in [0.15, 0.2) is 24.5 Å². The average molecular weight is 348 g/mol. The highest BCUT2D eigenvalue weighted by atomic mass is 79.9. The van der Waals surface area contributed by atoms with Crippen molar-refractivity contribution in [3.05, 3.63) is 30.1 Å². The van der Waals surface area contributed by atoms with Gasteiger partial charge in [-0.15, -0.1) is 0 Å². The first-order valence-corrected chi connectivity index (χ1v) is 9.35. The number of hydrogen-bond acceptors (Lipinski definition) is 1. The number of nitrogens with zero attached hydrogens (tertiary/aromatic N) is 1. The van der Waals surface area contributed by atoms with E-state index in [1.807, 2.05) is 12.4 Å². The topological polar surface area (TPSA) is 12.9 Å². The van der Waals surface area contributed by atoms with Gasteiger partial charge in [0.1, 0.15) is 0 Å². The summed E-state index contributed by atoms with van der Waals surface area (Å²) in [6, 6.07) is 4.36. The maximum absolute atomic E-state index is 4.15. The van der Waals surface area contributed by atoms with Gasteiger partial charge in [0.25, 0.3) is 0 Å². The zero-order valence-corrected chi connectivity index (χ0v) is 14.8. The van der Waals surface area contributed by atoms with Gasteiger partial charge in [0, 0.05) is 17.2 Å². The van der Waals surface area contributed by atoms with Gasteiger partial charge in [-0.25, -0.2) is 0 Å². The van der Waals surface area contributed by atoms with Crippen LogP contribution in [0.5, 0.6) is 0 Å². The molecule has 0 N–H and O–H groups in total. The van der Waals surface area contributed by atoms with Crippen LogP contribution in [0.3, 0.4) is 0 Å². The summed E-state index contributed by atoms with van der Waals surface area (Å²) in [6.07, 6.45) is 13.8. The molecule has 0 aliphatic heterocycles. The van der Waals surface area contributed by atoms with Crippen molar-refractivity contribution in [3.63, 3.8) is 0 Å². The van der Waals surface area contributed by atoms with E-state index in [1.165, 1.54) is 44.1 Å². The van der Waals surface area contributed by atoms with E-state index in [0.717, 1.165) is 12.3 Å². The standard InChI is InChI=1S/C19H26BrN/c1-17-8-15-9-18(2,11-17)13-19(10-15,12-17)16(20)7-14-3-5-21-6-4-14/h3-6,15-16H,7-13H2,1-2H3. The Labute approximate surface area is 137 Å². The number of rotatable bonds is 3. The Bertz CT molecular complexity index is 522. The molecule has 21 heavy (non-hydrogen) atoms. The highest BCUT2D eigenvalue weighted by Gasteiger charge is 2.61. The van der Waals surface area contributed by atoms with Crippen LogP contribution >= 0.6 is 15.9 Å². The first-order valence-electron chi connectivity index (χ1n) is 8.44. The fourth-order valence-electron chi connectivity index (χ4n) is 6.83. The van der Waals surface area contributed by atoms with Crippen molar-refractivity contribution in [2.75, 3.05) is 0 Å². The molecule has 4 aliphatic rings. The normalized spacial score (nSPS) is 45.8. The minimum Gasteiger partial charge on any atom is -0.265 e. The molecule has 4 bridgehead atoms. The van der Waals surface area contributed by atoms with Gasteiger partial charge < -0.3 is 0 Å². The Balaban J connectivity index is 1.62. The van der Waals surface area contributed by atoms with E-state index in [1.54, 1.807) is 0 Å². The predicted molar refractivity (Wildman–Crippen MR) is 90.5 cm³/mol. The summed E-state index contributed by atoms with van der Waals surface area (Å²) in [6.45, 7) is 5.13. The number of halogens is 1. The van der Waals surface area contributed by atoms with Gasteiger partial charge >= 0.3 is 0 Å². The Morgan fingerprint density at radius 3 is 2.29 bits per heavy atom. The van der Waals surface area contributed by atoms with Crippen LogP contribution in [-0.2, 0) is 6.42 Å². The number of aromatic nitrogens is 1. The van der Waals surface area contributed by atoms with E-state index in [2.05, 4.69) is 46.9 Å². The Kier molecular flexibility index (Phi) is 3.10. The summed E-state index contributed by atoms with van der Waals surface area (Å²) in [4.78, 5) is 4.77. The molecule has 4 saturated carbocycles. The van der Waals surface area contributed by atoms with E-state index in [9.17, 15) is 0 Å². The minimum atomic E-state index is 0.534. The molecule has 2 heteroatoms. The highest BCUT2D eigenvalue weighted by molar-refractivity contribution is 9.09. The Hall–Kier alpha value is -0.370. The lowest BCUT2D eigenvalue weighted by molar-refractivity contribution is -0.144. The fourth-order valence-corrected chi connectivity index (χ4v) is 7.71. The molecule has 0 amide bonds. The highest BCUT2D eigenvalue weighted by Crippen LogP contribution is 2.71. The van der Waals surface area contributed by atoms with Crippen LogP contribution in [0.4, 0.5) is 0 Å². The van der Waals surface area contributed by atoms with Crippen molar-refractivity contribution in [1.82, 2.24) is 4.98 Å². The van der Waals surface area contributed by atoms with Crippen LogP contribution in [0.25, 0.3) is 0 Å². The third-order valence-electron chi connectivity index (χ3n) is 6.50. The lowest BCUT2D eigenvalue weighted by Crippen LogP contribution is -2.58. The molecule has 4 fully saturated rings. The molecular formula is C19H26BrN. The van der Waals surface area contributed by atoms with Gasteiger partial charge in [0.15, 0.2) is 0 Å². The molecule has 0 saturated heterocycles. The summed E-state index contributed by atoms with van der Waals surface area (Å²) >= 11 is 4.13. The largest absolute Gasteiger partial charge is 0.265 e. The van der Waals surface area contributed by atoms with Gasteiger partial charge in [0.05, 0.1) is 0 Å². The summed E-state index contributed by atoms with van der Waals surface area (Å²) in [5.41, 5.74) is 3.18. The van der Waals surface area contributed by atoms with Crippen molar-refractivity contribution in [1.29, 1.82) is 0 Å². The SMILES string of the molecule is CC12CC3CC(C)(C1)CC(C(Br)Cc1ccncc1)(C3)C2.